The summed E-state index contributed by atoms with van der Waals surface area (Å²) < 4.78 is 1.27. The summed E-state index contributed by atoms with van der Waals surface area (Å²) in [6.45, 7) is 1.17. The molecule has 0 saturated carbocycles. The van der Waals surface area contributed by atoms with E-state index in [0.717, 1.165) is 0 Å². The molecule has 0 spiro atoms. The highest BCUT2D eigenvalue weighted by Gasteiger charge is 2.18. The van der Waals surface area contributed by atoms with Gasteiger partial charge in [-0.15, -0.1) is 0 Å². The highest BCUT2D eigenvalue weighted by molar-refractivity contribution is 9.10. The lowest BCUT2D eigenvalue weighted by Crippen LogP contribution is -2.12. The van der Waals surface area contributed by atoms with E-state index >= 15 is 0 Å². The maximum Gasteiger partial charge on any atom is 0.0340 e. The van der Waals surface area contributed by atoms with Gasteiger partial charge in [0, 0.05) is 15.9 Å². The fraction of sp³-hybridized carbons (Fsp3) is 0.500. The molecule has 1 aliphatic heterocycles. The van der Waals surface area contributed by atoms with Crippen LogP contribution in [0.2, 0.25) is 0 Å². The number of halogens is 1. The number of rotatable bonds is 1. The van der Waals surface area contributed by atoms with E-state index in [0.29, 0.717) is 6.04 Å². The predicted octanol–water partition coefficient (Wildman–Crippen LogP) is 2.94. The second kappa shape index (κ2) is 3.25. The lowest BCUT2D eigenvalue weighted by atomic mass is 10.1. The highest BCUT2D eigenvalue weighted by Crippen LogP contribution is 2.31. The van der Waals surface area contributed by atoms with Crippen molar-refractivity contribution in [3.8, 4) is 0 Å². The van der Waals surface area contributed by atoms with Crippen molar-refractivity contribution in [1.82, 2.24) is 5.32 Å². The van der Waals surface area contributed by atoms with Gasteiger partial charge in [0.15, 0.2) is 0 Å². The fourth-order valence-corrected chi connectivity index (χ4v) is 3.12. The molecule has 1 nitrogen and oxygen atoms in total. The third-order valence-electron chi connectivity index (χ3n) is 2.08. The van der Waals surface area contributed by atoms with Gasteiger partial charge in [0.05, 0.1) is 0 Å². The standard InChI is InChI=1S/C8H10BrNS/c9-7-5-11-4-6(7)8-2-1-3-10-8/h4-5,8,10H,1-3H2. The fourth-order valence-electron chi connectivity index (χ4n) is 1.49. The molecule has 2 rings (SSSR count). The van der Waals surface area contributed by atoms with Gasteiger partial charge in [0.25, 0.3) is 0 Å². The molecular weight excluding hydrogens is 222 g/mol. The summed E-state index contributed by atoms with van der Waals surface area (Å²) in [5, 5.41) is 7.85. The lowest BCUT2D eigenvalue weighted by molar-refractivity contribution is 0.647. The largest absolute Gasteiger partial charge is 0.310 e. The Bertz CT molecular complexity index is 240. The maximum atomic E-state index is 3.55. The molecule has 1 atom stereocenters. The van der Waals surface area contributed by atoms with Crippen molar-refractivity contribution in [3.63, 3.8) is 0 Å². The summed E-state index contributed by atoms with van der Waals surface area (Å²) in [5.41, 5.74) is 1.44. The summed E-state index contributed by atoms with van der Waals surface area (Å²) in [6.07, 6.45) is 2.60. The lowest BCUT2D eigenvalue weighted by Gasteiger charge is -2.07. The summed E-state index contributed by atoms with van der Waals surface area (Å²) in [5.74, 6) is 0. The number of thiophene rings is 1. The van der Waals surface area contributed by atoms with Crippen molar-refractivity contribution in [2.75, 3.05) is 6.54 Å². The first-order valence-electron chi connectivity index (χ1n) is 3.83. The zero-order valence-electron chi connectivity index (χ0n) is 6.14. The molecule has 1 aliphatic rings. The average molecular weight is 232 g/mol. The van der Waals surface area contributed by atoms with Gasteiger partial charge in [-0.2, -0.15) is 11.3 Å². The molecule has 0 amide bonds. The van der Waals surface area contributed by atoms with Crippen LogP contribution in [0.4, 0.5) is 0 Å². The van der Waals surface area contributed by atoms with Crippen LogP contribution in [0.25, 0.3) is 0 Å². The van der Waals surface area contributed by atoms with E-state index in [-0.39, 0.29) is 0 Å². The van der Waals surface area contributed by atoms with Gasteiger partial charge in [-0.05, 0) is 46.3 Å². The normalized spacial score (nSPS) is 24.3. The molecule has 11 heavy (non-hydrogen) atoms. The Hall–Kier alpha value is 0.140. The second-order valence-electron chi connectivity index (χ2n) is 2.82. The molecule has 2 heterocycles. The van der Waals surface area contributed by atoms with Crippen LogP contribution in [0.3, 0.4) is 0 Å². The molecule has 0 bridgehead atoms. The first-order valence-corrected chi connectivity index (χ1v) is 5.56. The number of hydrogen-bond acceptors (Lipinski definition) is 2. The molecule has 0 radical (unpaired) electrons. The van der Waals surface area contributed by atoms with Crippen molar-refractivity contribution in [2.45, 2.75) is 18.9 Å². The van der Waals surface area contributed by atoms with Crippen LogP contribution in [0, 0.1) is 0 Å². The summed E-state index contributed by atoms with van der Waals surface area (Å²) >= 11 is 5.31. The third-order valence-corrected chi connectivity index (χ3v) is 3.83. The number of nitrogens with one attached hydrogen (secondary N) is 1. The van der Waals surface area contributed by atoms with E-state index in [1.165, 1.54) is 29.4 Å². The summed E-state index contributed by atoms with van der Waals surface area (Å²) in [6, 6.07) is 0.607. The average Bonchev–Trinajstić information content (AvgIpc) is 2.55. The summed E-state index contributed by atoms with van der Waals surface area (Å²) in [7, 11) is 0. The van der Waals surface area contributed by atoms with Gasteiger partial charge in [0.1, 0.15) is 0 Å². The molecule has 60 valence electrons. The van der Waals surface area contributed by atoms with Crippen molar-refractivity contribution in [3.05, 3.63) is 20.8 Å². The molecule has 3 heteroatoms. The molecule has 1 aromatic rings. The smallest absolute Gasteiger partial charge is 0.0340 e. The maximum absolute atomic E-state index is 3.55. The molecular formula is C8H10BrNS. The van der Waals surface area contributed by atoms with Crippen LogP contribution in [0.15, 0.2) is 15.2 Å². The van der Waals surface area contributed by atoms with Crippen molar-refractivity contribution >= 4 is 27.3 Å². The SMILES string of the molecule is Brc1cscc1C1CCCN1. The monoisotopic (exact) mass is 231 g/mol. The first kappa shape index (κ1) is 7.77. The summed E-state index contributed by atoms with van der Waals surface area (Å²) in [4.78, 5) is 0. The van der Waals surface area contributed by atoms with E-state index in [1.807, 2.05) is 0 Å². The Morgan fingerprint density at radius 3 is 3.00 bits per heavy atom. The van der Waals surface area contributed by atoms with E-state index in [1.54, 1.807) is 11.3 Å². The minimum absolute atomic E-state index is 0.607. The van der Waals surface area contributed by atoms with Crippen molar-refractivity contribution in [1.29, 1.82) is 0 Å². The minimum atomic E-state index is 0.607. The zero-order chi connectivity index (χ0) is 7.68. The minimum Gasteiger partial charge on any atom is -0.310 e. The van der Waals surface area contributed by atoms with Gasteiger partial charge in [-0.3, -0.25) is 0 Å². The van der Waals surface area contributed by atoms with E-state index in [2.05, 4.69) is 32.0 Å². The molecule has 1 unspecified atom stereocenters. The van der Waals surface area contributed by atoms with Crippen LogP contribution < -0.4 is 5.32 Å². The van der Waals surface area contributed by atoms with Gasteiger partial charge in [0.2, 0.25) is 0 Å². The predicted molar refractivity (Wildman–Crippen MR) is 52.0 cm³/mol. The molecule has 0 aliphatic carbocycles. The van der Waals surface area contributed by atoms with Gasteiger partial charge in [-0.1, -0.05) is 0 Å². The molecule has 1 fully saturated rings. The zero-order valence-corrected chi connectivity index (χ0v) is 8.54. The van der Waals surface area contributed by atoms with E-state index in [9.17, 15) is 0 Å². The Morgan fingerprint density at radius 1 is 1.55 bits per heavy atom. The molecule has 1 aromatic heterocycles. The van der Waals surface area contributed by atoms with Gasteiger partial charge < -0.3 is 5.32 Å². The molecule has 0 aromatic carbocycles. The second-order valence-corrected chi connectivity index (χ2v) is 4.42. The van der Waals surface area contributed by atoms with Crippen LogP contribution in [-0.2, 0) is 0 Å². The Labute approximate surface area is 78.9 Å². The van der Waals surface area contributed by atoms with Crippen molar-refractivity contribution < 1.29 is 0 Å². The van der Waals surface area contributed by atoms with Crippen LogP contribution in [0.1, 0.15) is 24.4 Å². The van der Waals surface area contributed by atoms with E-state index < -0.39 is 0 Å². The third kappa shape index (κ3) is 1.50. The van der Waals surface area contributed by atoms with Crippen LogP contribution in [-0.4, -0.2) is 6.54 Å². The molecule has 1 saturated heterocycles. The number of hydrogen-bond donors (Lipinski definition) is 1. The van der Waals surface area contributed by atoms with E-state index in [4.69, 9.17) is 0 Å². The first-order chi connectivity index (χ1) is 5.38. The Morgan fingerprint density at radius 2 is 2.45 bits per heavy atom. The Balaban J connectivity index is 2.21. The van der Waals surface area contributed by atoms with Crippen LogP contribution in [0.5, 0.6) is 0 Å². The quantitative estimate of drug-likeness (QED) is 0.784. The van der Waals surface area contributed by atoms with Crippen LogP contribution >= 0.6 is 27.3 Å². The van der Waals surface area contributed by atoms with Gasteiger partial charge >= 0.3 is 0 Å². The molecule has 1 N–H and O–H groups in total. The Kier molecular flexibility index (Phi) is 2.30. The van der Waals surface area contributed by atoms with Gasteiger partial charge in [-0.25, -0.2) is 0 Å². The van der Waals surface area contributed by atoms with Crippen molar-refractivity contribution in [2.24, 2.45) is 0 Å². The topological polar surface area (TPSA) is 12.0 Å². The highest BCUT2D eigenvalue weighted by atomic mass is 79.9.